The van der Waals surface area contributed by atoms with Crippen LogP contribution in [-0.2, 0) is 4.74 Å². The van der Waals surface area contributed by atoms with Crippen LogP contribution in [0, 0.1) is 22.7 Å². The fourth-order valence-corrected chi connectivity index (χ4v) is 3.22. The van der Waals surface area contributed by atoms with Crippen molar-refractivity contribution < 1.29 is 9.84 Å². The van der Waals surface area contributed by atoms with Crippen LogP contribution in [0.15, 0.2) is 0 Å². The van der Waals surface area contributed by atoms with Gasteiger partial charge >= 0.3 is 0 Å². The molecule has 1 saturated carbocycles. The molecule has 2 fully saturated rings. The molecule has 0 bridgehead atoms. The molecule has 16 heavy (non-hydrogen) atoms. The second-order valence-electron chi connectivity index (χ2n) is 5.48. The van der Waals surface area contributed by atoms with E-state index in [1.807, 2.05) is 6.92 Å². The molecule has 2 aliphatic rings. The van der Waals surface area contributed by atoms with Crippen molar-refractivity contribution in [3.05, 3.63) is 0 Å². The molecular weight excluding hydrogens is 202 g/mol. The van der Waals surface area contributed by atoms with Crippen molar-refractivity contribution in [3.63, 3.8) is 0 Å². The summed E-state index contributed by atoms with van der Waals surface area (Å²) in [5.74, 6) is 0.266. The van der Waals surface area contributed by atoms with Gasteiger partial charge in [0.05, 0.1) is 18.3 Å². The van der Waals surface area contributed by atoms with Gasteiger partial charge in [0, 0.05) is 6.61 Å². The van der Waals surface area contributed by atoms with Gasteiger partial charge in [-0.1, -0.05) is 19.3 Å². The second-order valence-corrected chi connectivity index (χ2v) is 5.48. The maximum atomic E-state index is 10.8. The van der Waals surface area contributed by atoms with Gasteiger partial charge in [0.25, 0.3) is 0 Å². The quantitative estimate of drug-likeness (QED) is 0.781. The van der Waals surface area contributed by atoms with Crippen LogP contribution in [0.1, 0.15) is 45.4 Å². The molecule has 2 unspecified atom stereocenters. The van der Waals surface area contributed by atoms with Crippen molar-refractivity contribution in [3.8, 4) is 6.07 Å². The highest BCUT2D eigenvalue weighted by Crippen LogP contribution is 2.47. The third-order valence-electron chi connectivity index (χ3n) is 4.60. The fraction of sp³-hybridized carbons (Fsp3) is 0.923. The van der Waals surface area contributed by atoms with Crippen LogP contribution in [0.3, 0.4) is 0 Å². The first-order chi connectivity index (χ1) is 7.62. The Morgan fingerprint density at radius 2 is 2.06 bits per heavy atom. The first-order valence-electron chi connectivity index (χ1n) is 6.34. The molecule has 2 atom stereocenters. The van der Waals surface area contributed by atoms with E-state index in [0.717, 1.165) is 12.8 Å². The first-order valence-corrected chi connectivity index (χ1v) is 6.34. The predicted octanol–water partition coefficient (Wildman–Crippen LogP) is 2.25. The summed E-state index contributed by atoms with van der Waals surface area (Å²) in [7, 11) is 0. The zero-order valence-electron chi connectivity index (χ0n) is 10.0. The third kappa shape index (κ3) is 1.74. The molecule has 0 amide bonds. The van der Waals surface area contributed by atoms with Gasteiger partial charge in [0.15, 0.2) is 0 Å². The molecule has 90 valence electrons. The Morgan fingerprint density at radius 3 is 2.56 bits per heavy atom. The Kier molecular flexibility index (Phi) is 3.23. The van der Waals surface area contributed by atoms with E-state index in [-0.39, 0.29) is 5.92 Å². The monoisotopic (exact) mass is 223 g/mol. The molecule has 3 heteroatoms. The average Bonchev–Trinajstić information content (AvgIpc) is 2.80. The summed E-state index contributed by atoms with van der Waals surface area (Å²) in [6, 6.07) is 2.34. The number of hydrogen-bond donors (Lipinski definition) is 1. The summed E-state index contributed by atoms with van der Waals surface area (Å²) in [4.78, 5) is 0. The number of aliphatic hydroxyl groups is 1. The molecule has 1 saturated heterocycles. The summed E-state index contributed by atoms with van der Waals surface area (Å²) >= 11 is 0. The molecule has 0 aromatic carbocycles. The molecule has 0 radical (unpaired) electrons. The molecule has 3 nitrogen and oxygen atoms in total. The maximum absolute atomic E-state index is 10.8. The average molecular weight is 223 g/mol. The lowest BCUT2D eigenvalue weighted by Gasteiger charge is -2.44. The topological polar surface area (TPSA) is 53.2 Å². The molecular formula is C13H21NO2. The number of ether oxygens (including phenoxy) is 1. The highest BCUT2D eigenvalue weighted by atomic mass is 16.5. The van der Waals surface area contributed by atoms with Crippen molar-refractivity contribution in [1.29, 1.82) is 5.26 Å². The minimum atomic E-state index is -0.890. The Hall–Kier alpha value is -0.590. The summed E-state index contributed by atoms with van der Waals surface area (Å²) < 4.78 is 5.35. The van der Waals surface area contributed by atoms with Crippen molar-refractivity contribution in [1.82, 2.24) is 0 Å². The number of nitrogens with zero attached hydrogens (tertiary/aromatic N) is 1. The lowest BCUT2D eigenvalue weighted by molar-refractivity contribution is -0.0979. The number of rotatable bonds is 2. The maximum Gasteiger partial charge on any atom is 0.111 e. The zero-order chi connectivity index (χ0) is 11.6. The molecule has 1 aliphatic carbocycles. The van der Waals surface area contributed by atoms with Gasteiger partial charge in [-0.15, -0.1) is 0 Å². The largest absolute Gasteiger partial charge is 0.388 e. The van der Waals surface area contributed by atoms with E-state index in [9.17, 15) is 10.4 Å². The van der Waals surface area contributed by atoms with E-state index in [4.69, 9.17) is 4.74 Å². The molecule has 2 rings (SSSR count). The summed E-state index contributed by atoms with van der Waals surface area (Å²) in [5, 5.41) is 20.2. The Morgan fingerprint density at radius 1 is 1.38 bits per heavy atom. The van der Waals surface area contributed by atoms with Crippen LogP contribution in [0.5, 0.6) is 0 Å². The van der Waals surface area contributed by atoms with Crippen LogP contribution in [0.25, 0.3) is 0 Å². The highest BCUT2D eigenvalue weighted by molar-refractivity contribution is 5.14. The normalized spacial score (nSPS) is 35.6. The van der Waals surface area contributed by atoms with E-state index in [2.05, 4.69) is 6.07 Å². The van der Waals surface area contributed by atoms with E-state index in [0.29, 0.717) is 19.6 Å². The van der Waals surface area contributed by atoms with E-state index in [1.165, 1.54) is 19.3 Å². The van der Waals surface area contributed by atoms with Gasteiger partial charge in [-0.2, -0.15) is 5.26 Å². The summed E-state index contributed by atoms with van der Waals surface area (Å²) in [6.45, 7) is 2.85. The summed E-state index contributed by atoms with van der Waals surface area (Å²) in [5.41, 5.74) is -1.56. The van der Waals surface area contributed by atoms with Crippen LogP contribution in [0.4, 0.5) is 0 Å². The Balaban J connectivity index is 2.18. The number of hydrogen-bond acceptors (Lipinski definition) is 3. The SMILES string of the molecule is CC(O)(C1CCCCC1)C1(C#N)CCOC1. The molecule has 0 aromatic heterocycles. The van der Waals surface area contributed by atoms with Crippen LogP contribution in [-0.4, -0.2) is 23.9 Å². The van der Waals surface area contributed by atoms with Gasteiger partial charge in [0.2, 0.25) is 0 Å². The van der Waals surface area contributed by atoms with Crippen molar-refractivity contribution >= 4 is 0 Å². The van der Waals surface area contributed by atoms with Gasteiger partial charge in [0.1, 0.15) is 5.41 Å². The van der Waals surface area contributed by atoms with Crippen molar-refractivity contribution in [2.45, 2.75) is 51.0 Å². The number of nitriles is 1. The van der Waals surface area contributed by atoms with Gasteiger partial charge in [-0.25, -0.2) is 0 Å². The Bertz CT molecular complexity index is 281. The second kappa shape index (κ2) is 4.35. The van der Waals surface area contributed by atoms with E-state index >= 15 is 0 Å². The van der Waals surface area contributed by atoms with Crippen molar-refractivity contribution in [2.75, 3.05) is 13.2 Å². The van der Waals surface area contributed by atoms with Gasteiger partial charge < -0.3 is 9.84 Å². The molecule has 1 aliphatic heterocycles. The van der Waals surface area contributed by atoms with Crippen LogP contribution >= 0.6 is 0 Å². The summed E-state index contributed by atoms with van der Waals surface area (Å²) in [6.07, 6.45) is 6.41. The predicted molar refractivity (Wildman–Crippen MR) is 60.7 cm³/mol. The standard InChI is InChI=1S/C13H21NO2/c1-12(15,11-5-3-2-4-6-11)13(9-14)7-8-16-10-13/h11,15H,2-8,10H2,1H3. The van der Waals surface area contributed by atoms with E-state index < -0.39 is 11.0 Å². The minimum Gasteiger partial charge on any atom is -0.388 e. The lowest BCUT2D eigenvalue weighted by Crippen LogP contribution is -2.51. The molecule has 1 heterocycles. The molecule has 1 N–H and O–H groups in total. The molecule has 0 spiro atoms. The molecule has 0 aromatic rings. The van der Waals surface area contributed by atoms with Crippen LogP contribution < -0.4 is 0 Å². The highest BCUT2D eigenvalue weighted by Gasteiger charge is 2.54. The zero-order valence-corrected chi connectivity index (χ0v) is 10.0. The van der Waals surface area contributed by atoms with Crippen LogP contribution in [0.2, 0.25) is 0 Å². The first kappa shape index (κ1) is 11.9. The minimum absolute atomic E-state index is 0.266. The van der Waals surface area contributed by atoms with Gasteiger partial charge in [-0.3, -0.25) is 0 Å². The van der Waals surface area contributed by atoms with Gasteiger partial charge in [-0.05, 0) is 32.1 Å². The third-order valence-corrected chi connectivity index (χ3v) is 4.60. The van der Waals surface area contributed by atoms with Crippen molar-refractivity contribution in [2.24, 2.45) is 11.3 Å². The Labute approximate surface area is 97.4 Å². The smallest absolute Gasteiger partial charge is 0.111 e. The lowest BCUT2D eigenvalue weighted by atomic mass is 9.63. The fourth-order valence-electron chi connectivity index (χ4n) is 3.22. The van der Waals surface area contributed by atoms with E-state index in [1.54, 1.807) is 0 Å².